The SMILES string of the molecule is CCNC(=O)c1ccc(N)cc1Oc1cc(C)cc(C)c1. The number of ether oxygens (including phenoxy) is 1. The maximum Gasteiger partial charge on any atom is 0.255 e. The van der Waals surface area contributed by atoms with Gasteiger partial charge in [0, 0.05) is 18.3 Å². The molecule has 0 aromatic heterocycles. The molecule has 21 heavy (non-hydrogen) atoms. The number of nitrogens with one attached hydrogen (secondary N) is 1. The third kappa shape index (κ3) is 3.75. The molecule has 2 rings (SSSR count). The van der Waals surface area contributed by atoms with Crippen molar-refractivity contribution in [3.63, 3.8) is 0 Å². The molecular weight excluding hydrogens is 264 g/mol. The van der Waals surface area contributed by atoms with Crippen LogP contribution in [0.25, 0.3) is 0 Å². The molecule has 3 N–H and O–H groups in total. The second kappa shape index (κ2) is 6.31. The van der Waals surface area contributed by atoms with Gasteiger partial charge in [0.15, 0.2) is 0 Å². The Morgan fingerprint density at radius 2 is 1.81 bits per heavy atom. The van der Waals surface area contributed by atoms with Gasteiger partial charge in [-0.3, -0.25) is 4.79 Å². The van der Waals surface area contributed by atoms with Crippen LogP contribution in [0.2, 0.25) is 0 Å². The Kier molecular flexibility index (Phi) is 4.48. The van der Waals surface area contributed by atoms with Crippen LogP contribution in [0.15, 0.2) is 36.4 Å². The Bertz CT molecular complexity index is 646. The molecule has 0 saturated heterocycles. The van der Waals surface area contributed by atoms with Crippen LogP contribution in [-0.2, 0) is 0 Å². The van der Waals surface area contributed by atoms with E-state index in [1.54, 1.807) is 18.2 Å². The summed E-state index contributed by atoms with van der Waals surface area (Å²) in [7, 11) is 0. The summed E-state index contributed by atoms with van der Waals surface area (Å²) in [5.41, 5.74) is 9.05. The fourth-order valence-corrected chi connectivity index (χ4v) is 2.19. The number of hydrogen-bond acceptors (Lipinski definition) is 3. The molecule has 2 aromatic rings. The first-order chi connectivity index (χ1) is 9.99. The molecule has 0 spiro atoms. The van der Waals surface area contributed by atoms with Crippen LogP contribution in [-0.4, -0.2) is 12.5 Å². The van der Waals surface area contributed by atoms with Gasteiger partial charge in [0.25, 0.3) is 5.91 Å². The fourth-order valence-electron chi connectivity index (χ4n) is 2.19. The summed E-state index contributed by atoms with van der Waals surface area (Å²) in [6.45, 7) is 6.44. The van der Waals surface area contributed by atoms with Gasteiger partial charge in [-0.1, -0.05) is 6.07 Å². The molecule has 0 atom stereocenters. The van der Waals surface area contributed by atoms with Crippen LogP contribution < -0.4 is 15.8 Å². The van der Waals surface area contributed by atoms with Crippen LogP contribution in [0.3, 0.4) is 0 Å². The standard InChI is InChI=1S/C17H20N2O2/c1-4-19-17(20)15-6-5-13(18)10-16(15)21-14-8-11(2)7-12(3)9-14/h5-10H,4,18H2,1-3H3,(H,19,20). The van der Waals surface area contributed by atoms with E-state index < -0.39 is 0 Å². The molecule has 4 heteroatoms. The summed E-state index contributed by atoms with van der Waals surface area (Å²) in [6, 6.07) is 11.0. The lowest BCUT2D eigenvalue weighted by molar-refractivity contribution is 0.0953. The molecule has 2 aromatic carbocycles. The zero-order chi connectivity index (χ0) is 15.4. The largest absolute Gasteiger partial charge is 0.456 e. The number of carbonyl (C=O) groups is 1. The summed E-state index contributed by atoms with van der Waals surface area (Å²) in [5.74, 6) is 0.992. The molecule has 0 bridgehead atoms. The minimum Gasteiger partial charge on any atom is -0.456 e. The highest BCUT2D eigenvalue weighted by Crippen LogP contribution is 2.29. The van der Waals surface area contributed by atoms with E-state index in [1.165, 1.54) is 0 Å². The van der Waals surface area contributed by atoms with E-state index in [-0.39, 0.29) is 5.91 Å². The predicted octanol–water partition coefficient (Wildman–Crippen LogP) is 3.43. The average molecular weight is 284 g/mol. The van der Waals surface area contributed by atoms with E-state index in [0.29, 0.717) is 29.3 Å². The van der Waals surface area contributed by atoms with Gasteiger partial charge < -0.3 is 15.8 Å². The summed E-state index contributed by atoms with van der Waals surface area (Å²) < 4.78 is 5.88. The highest BCUT2D eigenvalue weighted by molar-refractivity contribution is 5.97. The van der Waals surface area contributed by atoms with E-state index in [0.717, 1.165) is 11.1 Å². The highest BCUT2D eigenvalue weighted by Gasteiger charge is 2.13. The lowest BCUT2D eigenvalue weighted by atomic mass is 10.1. The van der Waals surface area contributed by atoms with Crippen molar-refractivity contribution < 1.29 is 9.53 Å². The number of anilines is 1. The molecule has 0 aliphatic carbocycles. The van der Waals surface area contributed by atoms with Crippen molar-refractivity contribution in [1.29, 1.82) is 0 Å². The number of hydrogen-bond donors (Lipinski definition) is 2. The Labute approximate surface area is 124 Å². The lowest BCUT2D eigenvalue weighted by Gasteiger charge is -2.13. The van der Waals surface area contributed by atoms with Gasteiger partial charge in [0.2, 0.25) is 0 Å². The molecule has 0 fully saturated rings. The van der Waals surface area contributed by atoms with E-state index >= 15 is 0 Å². The fraction of sp³-hybridized carbons (Fsp3) is 0.235. The van der Waals surface area contributed by atoms with Gasteiger partial charge in [0.1, 0.15) is 11.5 Å². The number of benzene rings is 2. The van der Waals surface area contributed by atoms with Crippen LogP contribution >= 0.6 is 0 Å². The molecule has 110 valence electrons. The van der Waals surface area contributed by atoms with Gasteiger partial charge in [-0.2, -0.15) is 0 Å². The van der Waals surface area contributed by atoms with E-state index in [4.69, 9.17) is 10.5 Å². The third-order valence-corrected chi connectivity index (χ3v) is 3.01. The summed E-state index contributed by atoms with van der Waals surface area (Å²) in [4.78, 5) is 12.1. The van der Waals surface area contributed by atoms with E-state index in [2.05, 4.69) is 11.4 Å². The number of nitrogen functional groups attached to an aromatic ring is 1. The Balaban J connectivity index is 2.38. The molecule has 4 nitrogen and oxygen atoms in total. The van der Waals surface area contributed by atoms with Crippen LogP contribution in [0.1, 0.15) is 28.4 Å². The Morgan fingerprint density at radius 3 is 2.43 bits per heavy atom. The van der Waals surface area contributed by atoms with E-state index in [9.17, 15) is 4.79 Å². The van der Waals surface area contributed by atoms with Crippen molar-refractivity contribution in [2.45, 2.75) is 20.8 Å². The molecule has 1 amide bonds. The monoisotopic (exact) mass is 284 g/mol. The molecule has 0 saturated carbocycles. The third-order valence-electron chi connectivity index (χ3n) is 3.01. The molecule has 0 radical (unpaired) electrons. The summed E-state index contributed by atoms with van der Waals surface area (Å²) in [5, 5.41) is 2.77. The Hall–Kier alpha value is -2.49. The maximum atomic E-state index is 12.1. The van der Waals surface area contributed by atoms with Crippen LogP contribution in [0.4, 0.5) is 5.69 Å². The lowest BCUT2D eigenvalue weighted by Crippen LogP contribution is -2.23. The minimum absolute atomic E-state index is 0.170. The van der Waals surface area contributed by atoms with Gasteiger partial charge >= 0.3 is 0 Å². The molecule has 0 aliphatic rings. The summed E-state index contributed by atoms with van der Waals surface area (Å²) >= 11 is 0. The number of amides is 1. The van der Waals surface area contributed by atoms with Crippen molar-refractivity contribution in [1.82, 2.24) is 5.32 Å². The molecular formula is C17H20N2O2. The second-order valence-electron chi connectivity index (χ2n) is 5.04. The molecule has 0 heterocycles. The Morgan fingerprint density at radius 1 is 1.14 bits per heavy atom. The van der Waals surface area contributed by atoms with Crippen LogP contribution in [0, 0.1) is 13.8 Å². The normalized spacial score (nSPS) is 10.2. The number of rotatable bonds is 4. The van der Waals surface area contributed by atoms with Gasteiger partial charge in [-0.25, -0.2) is 0 Å². The van der Waals surface area contributed by atoms with Crippen molar-refractivity contribution in [2.75, 3.05) is 12.3 Å². The van der Waals surface area contributed by atoms with Crippen LogP contribution in [0.5, 0.6) is 11.5 Å². The zero-order valence-corrected chi connectivity index (χ0v) is 12.6. The average Bonchev–Trinajstić information content (AvgIpc) is 2.37. The number of carbonyl (C=O) groups excluding carboxylic acids is 1. The van der Waals surface area contributed by atoms with E-state index in [1.807, 2.05) is 32.9 Å². The first-order valence-corrected chi connectivity index (χ1v) is 6.93. The van der Waals surface area contributed by atoms with Gasteiger partial charge in [0.05, 0.1) is 5.56 Å². The summed E-state index contributed by atoms with van der Waals surface area (Å²) in [6.07, 6.45) is 0. The quantitative estimate of drug-likeness (QED) is 0.845. The maximum absolute atomic E-state index is 12.1. The molecule has 0 unspecified atom stereocenters. The van der Waals surface area contributed by atoms with Gasteiger partial charge in [-0.05, 0) is 56.2 Å². The van der Waals surface area contributed by atoms with Crippen molar-refractivity contribution in [2.24, 2.45) is 0 Å². The second-order valence-corrected chi connectivity index (χ2v) is 5.04. The van der Waals surface area contributed by atoms with Crippen molar-refractivity contribution in [3.8, 4) is 11.5 Å². The van der Waals surface area contributed by atoms with Crippen molar-refractivity contribution >= 4 is 11.6 Å². The predicted molar refractivity (Wildman–Crippen MR) is 84.9 cm³/mol. The first kappa shape index (κ1) is 14.9. The number of aryl methyl sites for hydroxylation is 2. The minimum atomic E-state index is -0.170. The first-order valence-electron chi connectivity index (χ1n) is 6.93. The van der Waals surface area contributed by atoms with Gasteiger partial charge in [-0.15, -0.1) is 0 Å². The highest BCUT2D eigenvalue weighted by atomic mass is 16.5. The zero-order valence-electron chi connectivity index (χ0n) is 12.6. The van der Waals surface area contributed by atoms with Crippen molar-refractivity contribution in [3.05, 3.63) is 53.1 Å². The topological polar surface area (TPSA) is 64.4 Å². The number of nitrogens with two attached hydrogens (primary N) is 1. The molecule has 0 aliphatic heterocycles. The smallest absolute Gasteiger partial charge is 0.255 e.